The number of nitrogens with zero attached hydrogens (tertiary/aromatic N) is 4. The molecule has 0 unspecified atom stereocenters. The zero-order valence-corrected chi connectivity index (χ0v) is 24.2. The molecule has 3 N–H and O–H groups in total. The minimum Gasteiger partial charge on any atom is -0.414 e. The lowest BCUT2D eigenvalue weighted by molar-refractivity contribution is -0.00831. The summed E-state index contributed by atoms with van der Waals surface area (Å²) in [4.78, 5) is 12.8. The summed E-state index contributed by atoms with van der Waals surface area (Å²) in [7, 11) is -5.41. The fourth-order valence-corrected chi connectivity index (χ4v) is 18.4. The maximum absolute atomic E-state index is 11.6. The molecule has 0 amide bonds. The predicted molar refractivity (Wildman–Crippen MR) is 140 cm³/mol. The molecule has 0 bridgehead atoms. The van der Waals surface area contributed by atoms with Crippen molar-refractivity contribution in [1.29, 1.82) is 0 Å². The summed E-state index contributed by atoms with van der Waals surface area (Å²) in [5.41, 5.74) is 8.12. The van der Waals surface area contributed by atoms with Crippen LogP contribution in [-0.4, -0.2) is 65.8 Å². The molecule has 4 rings (SSSR count). The van der Waals surface area contributed by atoms with Gasteiger partial charge in [0.15, 0.2) is 11.5 Å². The zero-order valence-electron chi connectivity index (χ0n) is 21.4. The topological polar surface area (TPSA) is 118 Å². The highest BCUT2D eigenvalue weighted by Crippen LogP contribution is 2.52. The Labute approximate surface area is 208 Å². The summed E-state index contributed by atoms with van der Waals surface area (Å²) in [5, 5.41) is 11.2. The van der Waals surface area contributed by atoms with E-state index in [1.54, 1.807) is 18.1 Å². The maximum atomic E-state index is 11.6. The molecule has 2 aromatic heterocycles. The van der Waals surface area contributed by atoms with Gasteiger partial charge in [0.1, 0.15) is 23.3 Å². The molecule has 4 heterocycles. The van der Waals surface area contributed by atoms with E-state index in [4.69, 9.17) is 18.7 Å². The Bertz CT molecular complexity index is 1000. The standard InChI is InChI=1S/C22H39N5O4SSi2/c1-12(2)33(13(3)4)29-9-16-19(30-34(31-33,14(5)6)15(7)8)18(28)22(32-16)27-11-26-17-20(23)24-10-25-21(17)27/h10-16,18-19,22,28H,9H2,1-8H3,(H2,23,24,25)/t16-,18-,19-,22-/m1/s1. The Morgan fingerprint density at radius 3 is 2.21 bits per heavy atom. The minimum absolute atomic E-state index is 0.0331. The van der Waals surface area contributed by atoms with Crippen molar-refractivity contribution in [2.75, 3.05) is 12.3 Å². The van der Waals surface area contributed by atoms with E-state index in [1.165, 1.54) is 6.33 Å². The molecule has 0 saturated carbocycles. The number of nitrogens with two attached hydrogens (primary N) is 1. The first-order valence-electron chi connectivity index (χ1n) is 12.2. The van der Waals surface area contributed by atoms with Gasteiger partial charge >= 0.3 is 17.1 Å². The van der Waals surface area contributed by atoms with E-state index >= 15 is 0 Å². The molecule has 34 heavy (non-hydrogen) atoms. The molecular formula is C22H39N5O4SSi2. The molecule has 2 saturated heterocycles. The molecule has 2 fully saturated rings. The molecule has 2 aliphatic rings. The van der Waals surface area contributed by atoms with E-state index in [0.717, 1.165) is 0 Å². The molecule has 9 nitrogen and oxygen atoms in total. The number of hydrogen-bond donors (Lipinski definition) is 2. The Kier molecular flexibility index (Phi) is 7.24. The smallest absolute Gasteiger partial charge is 0.335 e. The van der Waals surface area contributed by atoms with Crippen molar-refractivity contribution in [3.63, 3.8) is 0 Å². The monoisotopic (exact) mass is 525 g/mol. The first-order valence-corrected chi connectivity index (χ1v) is 17.1. The van der Waals surface area contributed by atoms with Crippen molar-refractivity contribution in [2.24, 2.45) is 0 Å². The van der Waals surface area contributed by atoms with Crippen molar-refractivity contribution >= 4 is 45.9 Å². The third kappa shape index (κ3) is 4.04. The molecule has 2 aromatic rings. The van der Waals surface area contributed by atoms with Crippen molar-refractivity contribution in [3.05, 3.63) is 12.7 Å². The molecule has 2 aliphatic heterocycles. The van der Waals surface area contributed by atoms with E-state index in [-0.39, 0.29) is 32.8 Å². The molecule has 0 aliphatic carbocycles. The largest absolute Gasteiger partial charge is 0.414 e. The molecule has 0 radical (unpaired) electrons. The summed E-state index contributed by atoms with van der Waals surface area (Å²) < 4.78 is 23.0. The van der Waals surface area contributed by atoms with Gasteiger partial charge in [0.2, 0.25) is 0 Å². The van der Waals surface area contributed by atoms with Gasteiger partial charge in [-0.1, -0.05) is 55.4 Å². The number of imidazole rings is 1. The van der Waals surface area contributed by atoms with Crippen LogP contribution in [0.25, 0.3) is 11.2 Å². The van der Waals surface area contributed by atoms with Gasteiger partial charge in [-0.15, -0.1) is 11.8 Å². The Morgan fingerprint density at radius 2 is 1.62 bits per heavy atom. The van der Waals surface area contributed by atoms with Crippen molar-refractivity contribution < 1.29 is 18.1 Å². The Morgan fingerprint density at radius 1 is 1.00 bits per heavy atom. The molecule has 0 spiro atoms. The van der Waals surface area contributed by atoms with Gasteiger partial charge in [0.05, 0.1) is 24.3 Å². The number of aliphatic hydroxyl groups excluding tert-OH is 1. The number of thioether (sulfide) groups is 1. The lowest BCUT2D eigenvalue weighted by atomic mass is 10.1. The second kappa shape index (κ2) is 9.45. The molecule has 4 atom stereocenters. The molecule has 190 valence electrons. The predicted octanol–water partition coefficient (Wildman–Crippen LogP) is 4.34. The van der Waals surface area contributed by atoms with Crippen LogP contribution in [0.2, 0.25) is 22.2 Å². The average Bonchev–Trinajstić information content (AvgIpc) is 3.29. The maximum Gasteiger partial charge on any atom is 0.335 e. The highest BCUT2D eigenvalue weighted by molar-refractivity contribution is 8.00. The van der Waals surface area contributed by atoms with Gasteiger partial charge in [-0.2, -0.15) is 0 Å². The highest BCUT2D eigenvalue weighted by atomic mass is 32.2. The third-order valence-electron chi connectivity index (χ3n) is 7.30. The van der Waals surface area contributed by atoms with Gasteiger partial charge in [-0.25, -0.2) is 15.0 Å². The van der Waals surface area contributed by atoms with Crippen LogP contribution < -0.4 is 5.73 Å². The number of aromatic nitrogens is 4. The second-order valence-corrected chi connectivity index (χ2v) is 20.9. The number of nitrogen functional groups attached to an aromatic ring is 1. The number of hydrogen-bond acceptors (Lipinski definition) is 9. The lowest BCUT2D eigenvalue weighted by Gasteiger charge is -2.51. The average molecular weight is 526 g/mol. The molecule has 12 heteroatoms. The number of rotatable bonds is 5. The summed E-state index contributed by atoms with van der Waals surface area (Å²) in [6.45, 7) is 18.1. The first kappa shape index (κ1) is 26.0. The van der Waals surface area contributed by atoms with Crippen LogP contribution in [0, 0.1) is 0 Å². The number of anilines is 1. The summed E-state index contributed by atoms with van der Waals surface area (Å²) in [5.74, 6) is 0.330. The van der Waals surface area contributed by atoms with E-state index in [0.29, 0.717) is 23.6 Å². The van der Waals surface area contributed by atoms with E-state index in [9.17, 15) is 5.11 Å². The van der Waals surface area contributed by atoms with Crippen molar-refractivity contribution in [3.8, 4) is 0 Å². The number of aliphatic hydroxyl groups is 1. The second-order valence-electron chi connectivity index (χ2n) is 10.7. The highest BCUT2D eigenvalue weighted by Gasteiger charge is 2.61. The van der Waals surface area contributed by atoms with Crippen molar-refractivity contribution in [1.82, 2.24) is 19.5 Å². The quantitative estimate of drug-likeness (QED) is 0.550. The van der Waals surface area contributed by atoms with Gasteiger partial charge in [-0.3, -0.25) is 4.57 Å². The Hall–Kier alpha value is -1.03. The van der Waals surface area contributed by atoms with Crippen LogP contribution in [0.15, 0.2) is 12.7 Å². The lowest BCUT2D eigenvalue weighted by Crippen LogP contribution is -2.65. The van der Waals surface area contributed by atoms with Crippen LogP contribution in [-0.2, 0) is 13.0 Å². The van der Waals surface area contributed by atoms with Gasteiger partial charge in [0.25, 0.3) is 0 Å². The van der Waals surface area contributed by atoms with E-state index in [1.807, 2.05) is 4.57 Å². The summed E-state index contributed by atoms with van der Waals surface area (Å²) >= 11 is 1.66. The Balaban J connectivity index is 1.77. The zero-order chi connectivity index (χ0) is 25.0. The third-order valence-corrected chi connectivity index (χ3v) is 19.1. The van der Waals surface area contributed by atoms with E-state index < -0.39 is 29.3 Å². The van der Waals surface area contributed by atoms with E-state index in [2.05, 4.69) is 70.3 Å². The van der Waals surface area contributed by atoms with Crippen LogP contribution in [0.3, 0.4) is 0 Å². The van der Waals surface area contributed by atoms with Crippen molar-refractivity contribution in [2.45, 2.75) is 100 Å². The summed E-state index contributed by atoms with van der Waals surface area (Å²) in [6, 6.07) is 0. The fraction of sp³-hybridized carbons (Fsp3) is 0.773. The SMILES string of the molecule is CC(C)[Si]1(C(C)C)OC[C@H]2S[C@@H](n3cnc4c(N)ncnc43)[C@H](O)[C@@H]2O[Si](C(C)C)(C(C)C)O1. The van der Waals surface area contributed by atoms with Gasteiger partial charge in [0, 0.05) is 0 Å². The van der Waals surface area contributed by atoms with Gasteiger partial charge < -0.3 is 23.8 Å². The van der Waals surface area contributed by atoms with Crippen LogP contribution in [0.5, 0.6) is 0 Å². The first-order chi connectivity index (χ1) is 15.9. The normalized spacial score (nSPS) is 29.2. The molecule has 0 aromatic carbocycles. The molecular weight excluding hydrogens is 487 g/mol. The van der Waals surface area contributed by atoms with Crippen LogP contribution in [0.1, 0.15) is 60.8 Å². The van der Waals surface area contributed by atoms with Gasteiger partial charge in [-0.05, 0) is 22.2 Å². The van der Waals surface area contributed by atoms with Crippen LogP contribution in [0.4, 0.5) is 5.82 Å². The van der Waals surface area contributed by atoms with Crippen LogP contribution >= 0.6 is 11.8 Å². The minimum atomic E-state index is -2.79. The summed E-state index contributed by atoms with van der Waals surface area (Å²) in [6.07, 6.45) is 1.94. The fourth-order valence-electron chi connectivity index (χ4n) is 5.42. The number of fused-ring (bicyclic) bond motifs is 2.